The van der Waals surface area contributed by atoms with Crippen LogP contribution in [0.25, 0.3) is 0 Å². The Morgan fingerprint density at radius 3 is 2.88 bits per heavy atom. The lowest BCUT2D eigenvalue weighted by atomic mass is 9.85. The molecule has 2 aliphatic rings. The molecule has 2 fully saturated rings. The molecule has 1 aromatic heterocycles. The maximum atomic E-state index is 12.5. The molecule has 3 rings (SSSR count). The van der Waals surface area contributed by atoms with Gasteiger partial charge in [0.1, 0.15) is 0 Å². The van der Waals surface area contributed by atoms with Gasteiger partial charge in [-0.05, 0) is 32.1 Å². The fraction of sp³-hybridized carbons (Fsp3) is 0.667. The number of halogens is 1. The van der Waals surface area contributed by atoms with E-state index in [1.54, 1.807) is 0 Å². The van der Waals surface area contributed by atoms with E-state index in [0.717, 1.165) is 16.3 Å². The highest BCUT2D eigenvalue weighted by Crippen LogP contribution is 2.35. The molecule has 1 aliphatic heterocycles. The van der Waals surface area contributed by atoms with Crippen LogP contribution >= 0.6 is 35.5 Å². The molecule has 4 N–H and O–H groups in total. The number of aryl methyl sites for hydroxylation is 1. The number of anilines is 1. The van der Waals surface area contributed by atoms with Crippen LogP contribution in [0.15, 0.2) is 4.21 Å². The van der Waals surface area contributed by atoms with Crippen LogP contribution in [-0.2, 0) is 9.59 Å². The summed E-state index contributed by atoms with van der Waals surface area (Å²) in [6.45, 7) is 1.87. The molecule has 1 saturated carbocycles. The van der Waals surface area contributed by atoms with Crippen LogP contribution in [0.2, 0.25) is 0 Å². The minimum absolute atomic E-state index is 0. The first-order valence-corrected chi connectivity index (χ1v) is 9.78. The topological polar surface area (TPSA) is 97.1 Å². The number of fused-ring (bicyclic) bond motifs is 1. The normalized spacial score (nSPS) is 25.6. The number of rotatable bonds is 5. The van der Waals surface area contributed by atoms with E-state index in [4.69, 9.17) is 5.73 Å². The molecular weight excluding hydrogens is 368 g/mol. The Morgan fingerprint density at radius 2 is 2.17 bits per heavy atom. The largest absolute Gasteiger partial charge is 0.369 e. The lowest BCUT2D eigenvalue weighted by Crippen LogP contribution is -2.39. The van der Waals surface area contributed by atoms with Crippen LogP contribution in [0.5, 0.6) is 0 Å². The van der Waals surface area contributed by atoms with Crippen LogP contribution in [-0.4, -0.2) is 34.6 Å². The third-order valence-corrected chi connectivity index (χ3v) is 6.97. The van der Waals surface area contributed by atoms with E-state index >= 15 is 0 Å². The van der Waals surface area contributed by atoms with Crippen molar-refractivity contribution in [1.82, 2.24) is 10.3 Å². The molecule has 1 aliphatic carbocycles. The standard InChI is InChI=1S/C15H22N4O2S2.ClH/c1-8-14(22-7-12(16)20)23-15(17-8)19-13(21)11-6-9-4-2-3-5-10(9)18-11;/h9-11,18H,2-7H2,1H3,(H2,16,20)(H,17,19,21);1H. The number of thioether (sulfide) groups is 1. The molecule has 1 saturated heterocycles. The Kier molecular flexibility index (Phi) is 6.91. The Hall–Kier alpha value is -0.830. The summed E-state index contributed by atoms with van der Waals surface area (Å²) in [5, 5.41) is 6.99. The Balaban J connectivity index is 0.00000208. The van der Waals surface area contributed by atoms with Gasteiger partial charge >= 0.3 is 0 Å². The predicted molar refractivity (Wildman–Crippen MR) is 99.9 cm³/mol. The van der Waals surface area contributed by atoms with Crippen molar-refractivity contribution in [3.8, 4) is 0 Å². The second-order valence-corrected chi connectivity index (χ2v) is 8.49. The van der Waals surface area contributed by atoms with E-state index < -0.39 is 0 Å². The van der Waals surface area contributed by atoms with Crippen LogP contribution in [0.1, 0.15) is 37.8 Å². The number of amides is 2. The van der Waals surface area contributed by atoms with Crippen molar-refractivity contribution in [2.75, 3.05) is 11.1 Å². The van der Waals surface area contributed by atoms with Gasteiger partial charge in [-0.15, -0.1) is 24.2 Å². The van der Waals surface area contributed by atoms with Crippen molar-refractivity contribution in [3.05, 3.63) is 5.69 Å². The number of nitrogens with zero attached hydrogens (tertiary/aromatic N) is 1. The van der Waals surface area contributed by atoms with Gasteiger partial charge in [-0.2, -0.15) is 0 Å². The van der Waals surface area contributed by atoms with Crippen molar-refractivity contribution >= 4 is 52.5 Å². The number of primary amides is 1. The van der Waals surface area contributed by atoms with Crippen molar-refractivity contribution in [2.24, 2.45) is 11.7 Å². The fourth-order valence-electron chi connectivity index (χ4n) is 3.42. The molecule has 2 heterocycles. The predicted octanol–water partition coefficient (Wildman–Crippen LogP) is 2.31. The number of hydrogen-bond donors (Lipinski definition) is 3. The van der Waals surface area contributed by atoms with Gasteiger partial charge in [0.2, 0.25) is 11.8 Å². The number of aromatic nitrogens is 1. The molecule has 134 valence electrons. The van der Waals surface area contributed by atoms with Crippen molar-refractivity contribution in [2.45, 2.75) is 55.3 Å². The summed E-state index contributed by atoms with van der Waals surface area (Å²) < 4.78 is 0.923. The quantitative estimate of drug-likeness (QED) is 0.670. The summed E-state index contributed by atoms with van der Waals surface area (Å²) in [5.74, 6) is 0.509. The van der Waals surface area contributed by atoms with Gasteiger partial charge in [0.25, 0.3) is 0 Å². The first-order chi connectivity index (χ1) is 11.0. The number of carbonyl (C=O) groups excluding carboxylic acids is 2. The first-order valence-electron chi connectivity index (χ1n) is 7.98. The molecule has 0 bridgehead atoms. The third-order valence-electron chi connectivity index (χ3n) is 4.51. The number of nitrogens with two attached hydrogens (primary N) is 1. The Morgan fingerprint density at radius 1 is 1.42 bits per heavy atom. The summed E-state index contributed by atoms with van der Waals surface area (Å²) in [5.41, 5.74) is 5.99. The average molecular weight is 391 g/mol. The molecule has 9 heteroatoms. The van der Waals surface area contributed by atoms with Crippen molar-refractivity contribution in [3.63, 3.8) is 0 Å². The number of thiazole rings is 1. The van der Waals surface area contributed by atoms with Gasteiger partial charge in [-0.3, -0.25) is 9.59 Å². The van der Waals surface area contributed by atoms with Gasteiger partial charge in [-0.25, -0.2) is 4.98 Å². The van der Waals surface area contributed by atoms with Gasteiger partial charge < -0.3 is 16.4 Å². The zero-order chi connectivity index (χ0) is 16.4. The maximum Gasteiger partial charge on any atom is 0.243 e. The van der Waals surface area contributed by atoms with E-state index in [1.807, 2.05) is 6.92 Å². The molecular formula is C15H23ClN4O2S2. The van der Waals surface area contributed by atoms with Gasteiger partial charge in [0, 0.05) is 6.04 Å². The minimum Gasteiger partial charge on any atom is -0.369 e. The van der Waals surface area contributed by atoms with Crippen molar-refractivity contribution in [1.29, 1.82) is 0 Å². The van der Waals surface area contributed by atoms with E-state index in [2.05, 4.69) is 15.6 Å². The van der Waals surface area contributed by atoms with Gasteiger partial charge in [-0.1, -0.05) is 24.2 Å². The Bertz CT molecular complexity index is 596. The molecule has 0 aromatic carbocycles. The van der Waals surface area contributed by atoms with E-state index in [-0.39, 0.29) is 36.0 Å². The second kappa shape index (κ2) is 8.51. The molecule has 2 amide bonds. The summed E-state index contributed by atoms with van der Waals surface area (Å²) >= 11 is 2.76. The van der Waals surface area contributed by atoms with Crippen LogP contribution < -0.4 is 16.4 Å². The lowest BCUT2D eigenvalue weighted by Gasteiger charge is -2.24. The lowest BCUT2D eigenvalue weighted by molar-refractivity contribution is -0.118. The van der Waals surface area contributed by atoms with Gasteiger partial charge in [0.05, 0.1) is 21.7 Å². The van der Waals surface area contributed by atoms with E-state index in [0.29, 0.717) is 17.1 Å². The highest BCUT2D eigenvalue weighted by molar-refractivity contribution is 8.01. The number of carbonyl (C=O) groups is 2. The zero-order valence-electron chi connectivity index (χ0n) is 13.5. The molecule has 24 heavy (non-hydrogen) atoms. The first kappa shape index (κ1) is 19.5. The van der Waals surface area contributed by atoms with Crippen LogP contribution in [0.4, 0.5) is 5.13 Å². The summed E-state index contributed by atoms with van der Waals surface area (Å²) in [7, 11) is 0. The molecule has 3 unspecified atom stereocenters. The molecule has 0 spiro atoms. The monoisotopic (exact) mass is 390 g/mol. The average Bonchev–Trinajstić information content (AvgIpc) is 3.08. The van der Waals surface area contributed by atoms with Crippen LogP contribution in [0.3, 0.4) is 0 Å². The zero-order valence-corrected chi connectivity index (χ0v) is 16.0. The summed E-state index contributed by atoms with van der Waals surface area (Å²) in [6.07, 6.45) is 5.87. The minimum atomic E-state index is -0.355. The summed E-state index contributed by atoms with van der Waals surface area (Å²) in [6, 6.07) is 0.383. The van der Waals surface area contributed by atoms with Gasteiger partial charge in [0.15, 0.2) is 5.13 Å². The number of nitrogens with one attached hydrogen (secondary N) is 2. The fourth-order valence-corrected chi connectivity index (χ4v) is 5.30. The molecule has 6 nitrogen and oxygen atoms in total. The summed E-state index contributed by atoms with van der Waals surface area (Å²) in [4.78, 5) is 27.7. The Labute approximate surface area is 156 Å². The smallest absolute Gasteiger partial charge is 0.243 e. The molecule has 3 atom stereocenters. The van der Waals surface area contributed by atoms with Crippen molar-refractivity contribution < 1.29 is 9.59 Å². The molecule has 1 aromatic rings. The van der Waals surface area contributed by atoms with E-state index in [1.165, 1.54) is 48.8 Å². The third kappa shape index (κ3) is 4.62. The molecule has 0 radical (unpaired) electrons. The van der Waals surface area contributed by atoms with Crippen LogP contribution in [0, 0.1) is 12.8 Å². The maximum absolute atomic E-state index is 12.5. The van der Waals surface area contributed by atoms with E-state index in [9.17, 15) is 9.59 Å². The highest BCUT2D eigenvalue weighted by atomic mass is 35.5. The highest BCUT2D eigenvalue weighted by Gasteiger charge is 2.38. The SMILES string of the molecule is Cc1nc(NC(=O)C2CC3CCCCC3N2)sc1SCC(N)=O.Cl. The number of hydrogen-bond acceptors (Lipinski definition) is 6. The second-order valence-electron chi connectivity index (χ2n) is 6.24.